The summed E-state index contributed by atoms with van der Waals surface area (Å²) >= 11 is 0. The van der Waals surface area contributed by atoms with Crippen LogP contribution in [0.5, 0.6) is 0 Å². The maximum atomic E-state index is 13.3. The minimum atomic E-state index is -0.210. The standard InChI is InChI=1S/C26H30N2O4/c1-17-9-10-22-20(16-32-24(22)12-17)13-26(30)28(14-21-7-5-11-31-21)15-25(29)27-23-8-4-6-18(2)19(23)3/h4,6,8-10,12,16,21H,5,7,11,13-15H2,1-3H3,(H,27,29)/t21-/m0/s1. The number of amides is 2. The summed E-state index contributed by atoms with van der Waals surface area (Å²) in [7, 11) is 0. The molecule has 2 amide bonds. The van der Waals surface area contributed by atoms with Crippen LogP contribution in [0, 0.1) is 20.8 Å². The van der Waals surface area contributed by atoms with E-state index < -0.39 is 0 Å². The number of hydrogen-bond acceptors (Lipinski definition) is 4. The van der Waals surface area contributed by atoms with Crippen molar-refractivity contribution in [2.45, 2.75) is 46.1 Å². The van der Waals surface area contributed by atoms with Gasteiger partial charge >= 0.3 is 0 Å². The van der Waals surface area contributed by atoms with Crippen molar-refractivity contribution in [2.75, 3.05) is 25.0 Å². The van der Waals surface area contributed by atoms with E-state index in [1.54, 1.807) is 11.2 Å². The van der Waals surface area contributed by atoms with Crippen LogP contribution in [0.15, 0.2) is 47.1 Å². The first-order chi connectivity index (χ1) is 15.4. The molecule has 0 radical (unpaired) electrons. The Kier molecular flexibility index (Phi) is 6.61. The lowest BCUT2D eigenvalue weighted by Crippen LogP contribution is -2.43. The van der Waals surface area contributed by atoms with Crippen molar-refractivity contribution < 1.29 is 18.7 Å². The van der Waals surface area contributed by atoms with Gasteiger partial charge in [-0.3, -0.25) is 9.59 Å². The number of carbonyl (C=O) groups excluding carboxylic acids is 2. The van der Waals surface area contributed by atoms with E-state index in [1.807, 2.05) is 57.2 Å². The van der Waals surface area contributed by atoms with Crippen LogP contribution in [0.1, 0.15) is 35.1 Å². The van der Waals surface area contributed by atoms with E-state index in [9.17, 15) is 9.59 Å². The molecule has 4 rings (SSSR count). The van der Waals surface area contributed by atoms with E-state index in [1.165, 1.54) is 0 Å². The van der Waals surface area contributed by atoms with Gasteiger partial charge in [-0.25, -0.2) is 0 Å². The number of carbonyl (C=O) groups is 2. The molecule has 3 aromatic rings. The normalized spacial score (nSPS) is 15.8. The molecular weight excluding hydrogens is 404 g/mol. The van der Waals surface area contributed by atoms with Gasteiger partial charge in [-0.15, -0.1) is 0 Å². The molecule has 6 heteroatoms. The second kappa shape index (κ2) is 9.57. The molecule has 168 valence electrons. The Bertz CT molecular complexity index is 1130. The van der Waals surface area contributed by atoms with Crippen molar-refractivity contribution in [1.82, 2.24) is 4.90 Å². The van der Waals surface area contributed by atoms with Gasteiger partial charge in [0.25, 0.3) is 0 Å². The van der Waals surface area contributed by atoms with Crippen molar-refractivity contribution in [3.63, 3.8) is 0 Å². The van der Waals surface area contributed by atoms with Crippen LogP contribution >= 0.6 is 0 Å². The van der Waals surface area contributed by atoms with Gasteiger partial charge in [0.1, 0.15) is 5.58 Å². The predicted molar refractivity (Wildman–Crippen MR) is 125 cm³/mol. The summed E-state index contributed by atoms with van der Waals surface area (Å²) in [5.74, 6) is -0.322. The van der Waals surface area contributed by atoms with Crippen LogP contribution in [0.4, 0.5) is 5.69 Å². The summed E-state index contributed by atoms with van der Waals surface area (Å²) in [5.41, 5.74) is 5.61. The molecule has 6 nitrogen and oxygen atoms in total. The lowest BCUT2D eigenvalue weighted by atomic mass is 10.1. The van der Waals surface area contributed by atoms with Crippen LogP contribution in [0.2, 0.25) is 0 Å². The molecule has 2 heterocycles. The van der Waals surface area contributed by atoms with E-state index in [-0.39, 0.29) is 30.9 Å². The molecular formula is C26H30N2O4. The largest absolute Gasteiger partial charge is 0.464 e. The third-order valence-electron chi connectivity index (χ3n) is 6.17. The third kappa shape index (κ3) is 5.02. The first kappa shape index (κ1) is 22.1. The van der Waals surface area contributed by atoms with Crippen LogP contribution < -0.4 is 5.32 Å². The molecule has 1 N–H and O–H groups in total. The summed E-state index contributed by atoms with van der Waals surface area (Å²) in [6.07, 6.45) is 3.67. The van der Waals surface area contributed by atoms with Crippen LogP contribution in [0.3, 0.4) is 0 Å². The number of anilines is 1. The number of fused-ring (bicyclic) bond motifs is 1. The SMILES string of the molecule is Cc1ccc2c(CC(=O)N(CC(=O)Nc3cccc(C)c3C)C[C@@H]3CCCO3)coc2c1. The molecule has 2 aromatic carbocycles. The molecule has 0 spiro atoms. The zero-order valence-electron chi connectivity index (χ0n) is 18.9. The fourth-order valence-corrected chi connectivity index (χ4v) is 4.14. The van der Waals surface area contributed by atoms with E-state index in [0.29, 0.717) is 13.2 Å². The predicted octanol–water partition coefficient (Wildman–Crippen LogP) is 4.55. The summed E-state index contributed by atoms with van der Waals surface area (Å²) in [6, 6.07) is 11.8. The van der Waals surface area contributed by atoms with Crippen LogP contribution in [-0.2, 0) is 20.7 Å². The maximum Gasteiger partial charge on any atom is 0.244 e. The lowest BCUT2D eigenvalue weighted by molar-refractivity contribution is -0.135. The van der Waals surface area contributed by atoms with Crippen molar-refractivity contribution in [3.05, 3.63) is 64.9 Å². The second-order valence-electron chi connectivity index (χ2n) is 8.64. The summed E-state index contributed by atoms with van der Waals surface area (Å²) in [4.78, 5) is 27.7. The number of hydrogen-bond donors (Lipinski definition) is 1. The average Bonchev–Trinajstić information content (AvgIpc) is 3.41. The highest BCUT2D eigenvalue weighted by atomic mass is 16.5. The second-order valence-corrected chi connectivity index (χ2v) is 8.64. The molecule has 32 heavy (non-hydrogen) atoms. The van der Waals surface area contributed by atoms with Crippen molar-refractivity contribution in [3.8, 4) is 0 Å². The number of furan rings is 1. The molecule has 0 saturated carbocycles. The van der Waals surface area contributed by atoms with Gasteiger partial charge in [-0.1, -0.05) is 24.3 Å². The van der Waals surface area contributed by atoms with Crippen LogP contribution in [0.25, 0.3) is 11.0 Å². The smallest absolute Gasteiger partial charge is 0.244 e. The van der Waals surface area contributed by atoms with Crippen molar-refractivity contribution in [1.29, 1.82) is 0 Å². The van der Waals surface area contributed by atoms with E-state index in [0.717, 1.165) is 51.8 Å². The third-order valence-corrected chi connectivity index (χ3v) is 6.17. The molecule has 0 bridgehead atoms. The molecule has 1 aromatic heterocycles. The van der Waals surface area contributed by atoms with E-state index in [4.69, 9.17) is 9.15 Å². The topological polar surface area (TPSA) is 71.8 Å². The van der Waals surface area contributed by atoms with Gasteiger partial charge in [-0.05, 0) is 62.4 Å². The highest BCUT2D eigenvalue weighted by Crippen LogP contribution is 2.24. The first-order valence-corrected chi connectivity index (χ1v) is 11.1. The molecule has 1 atom stereocenters. The lowest BCUT2D eigenvalue weighted by Gasteiger charge is -2.25. The Labute approximate surface area is 188 Å². The number of nitrogens with zero attached hydrogens (tertiary/aromatic N) is 1. The zero-order chi connectivity index (χ0) is 22.7. The molecule has 0 aliphatic carbocycles. The van der Waals surface area contributed by atoms with Crippen molar-refractivity contribution >= 4 is 28.5 Å². The number of nitrogens with one attached hydrogen (secondary N) is 1. The molecule has 1 fully saturated rings. The Balaban J connectivity index is 1.49. The highest BCUT2D eigenvalue weighted by Gasteiger charge is 2.25. The van der Waals surface area contributed by atoms with Crippen molar-refractivity contribution in [2.24, 2.45) is 0 Å². The maximum absolute atomic E-state index is 13.3. The Morgan fingerprint density at radius 1 is 1.16 bits per heavy atom. The first-order valence-electron chi connectivity index (χ1n) is 11.1. The van der Waals surface area contributed by atoms with Gasteiger partial charge in [0.15, 0.2) is 0 Å². The van der Waals surface area contributed by atoms with Gasteiger partial charge < -0.3 is 19.4 Å². The Morgan fingerprint density at radius 2 is 2.00 bits per heavy atom. The Hall–Kier alpha value is -3.12. The highest BCUT2D eigenvalue weighted by molar-refractivity contribution is 5.96. The number of benzene rings is 2. The summed E-state index contributed by atoms with van der Waals surface area (Å²) in [6.45, 7) is 7.09. The van der Waals surface area contributed by atoms with Gasteiger partial charge in [0, 0.05) is 29.8 Å². The average molecular weight is 435 g/mol. The van der Waals surface area contributed by atoms with Gasteiger partial charge in [-0.2, -0.15) is 0 Å². The van der Waals surface area contributed by atoms with E-state index in [2.05, 4.69) is 5.32 Å². The molecule has 1 aliphatic rings. The Morgan fingerprint density at radius 3 is 2.78 bits per heavy atom. The minimum absolute atomic E-state index is 0.0129. The summed E-state index contributed by atoms with van der Waals surface area (Å²) < 4.78 is 11.4. The molecule has 1 saturated heterocycles. The zero-order valence-corrected chi connectivity index (χ0v) is 18.9. The monoisotopic (exact) mass is 434 g/mol. The van der Waals surface area contributed by atoms with Gasteiger partial charge in [0.2, 0.25) is 11.8 Å². The van der Waals surface area contributed by atoms with Crippen LogP contribution in [-0.4, -0.2) is 42.5 Å². The number of aryl methyl sites for hydroxylation is 2. The number of ether oxygens (including phenoxy) is 1. The van der Waals surface area contributed by atoms with E-state index >= 15 is 0 Å². The fraction of sp³-hybridized carbons (Fsp3) is 0.385. The fourth-order valence-electron chi connectivity index (χ4n) is 4.14. The minimum Gasteiger partial charge on any atom is -0.464 e. The quantitative estimate of drug-likeness (QED) is 0.592. The van der Waals surface area contributed by atoms with Gasteiger partial charge in [0.05, 0.1) is 25.3 Å². The number of rotatable bonds is 7. The summed E-state index contributed by atoms with van der Waals surface area (Å²) in [5, 5.41) is 3.90. The molecule has 1 aliphatic heterocycles. The molecule has 0 unspecified atom stereocenters.